The second-order valence-corrected chi connectivity index (χ2v) is 5.26. The molecular weight excluding hydrogens is 292 g/mol. The van der Waals surface area contributed by atoms with Crippen molar-refractivity contribution in [3.8, 4) is 22.9 Å². The van der Waals surface area contributed by atoms with Gasteiger partial charge in [-0.05, 0) is 38.1 Å². The predicted octanol–water partition coefficient (Wildman–Crippen LogP) is 4.19. The second kappa shape index (κ2) is 6.52. The van der Waals surface area contributed by atoms with Gasteiger partial charge < -0.3 is 14.0 Å². The Morgan fingerprint density at radius 2 is 1.61 bits per heavy atom. The van der Waals surface area contributed by atoms with Crippen molar-refractivity contribution >= 4 is 0 Å². The highest BCUT2D eigenvalue weighted by atomic mass is 16.5. The number of ether oxygens (including phenoxy) is 2. The minimum absolute atomic E-state index is 0.338. The Bertz CT molecular complexity index is 764. The van der Waals surface area contributed by atoms with Gasteiger partial charge in [-0.3, -0.25) is 0 Å². The molecule has 23 heavy (non-hydrogen) atoms. The fraction of sp³-hybridized carbons (Fsp3) is 0.222. The van der Waals surface area contributed by atoms with Crippen molar-refractivity contribution in [1.29, 1.82) is 0 Å². The van der Waals surface area contributed by atoms with Crippen LogP contribution in [0.4, 0.5) is 0 Å². The molecule has 0 spiro atoms. The number of aryl methyl sites for hydroxylation is 1. The van der Waals surface area contributed by atoms with E-state index in [9.17, 15) is 0 Å². The molecule has 1 heterocycles. The summed E-state index contributed by atoms with van der Waals surface area (Å²) >= 11 is 0. The molecule has 5 nitrogen and oxygen atoms in total. The van der Waals surface area contributed by atoms with E-state index in [0.717, 1.165) is 11.3 Å². The van der Waals surface area contributed by atoms with Gasteiger partial charge in [-0.1, -0.05) is 35.0 Å². The number of aromatic nitrogens is 2. The van der Waals surface area contributed by atoms with Crippen molar-refractivity contribution in [2.75, 3.05) is 7.11 Å². The fourth-order valence-corrected chi connectivity index (χ4v) is 2.13. The van der Waals surface area contributed by atoms with E-state index in [1.165, 1.54) is 5.56 Å². The van der Waals surface area contributed by atoms with Gasteiger partial charge in [-0.2, -0.15) is 4.98 Å². The Morgan fingerprint density at radius 3 is 2.26 bits per heavy atom. The lowest BCUT2D eigenvalue weighted by Crippen LogP contribution is -2.03. The van der Waals surface area contributed by atoms with Gasteiger partial charge in [-0.25, -0.2) is 0 Å². The van der Waals surface area contributed by atoms with Crippen LogP contribution < -0.4 is 9.47 Å². The van der Waals surface area contributed by atoms with Crippen molar-refractivity contribution in [3.63, 3.8) is 0 Å². The molecule has 0 N–H and O–H groups in total. The van der Waals surface area contributed by atoms with Gasteiger partial charge in [0.05, 0.1) is 7.11 Å². The van der Waals surface area contributed by atoms with Crippen molar-refractivity contribution in [2.24, 2.45) is 0 Å². The molecule has 0 amide bonds. The molecule has 0 aliphatic heterocycles. The number of hydrogen-bond acceptors (Lipinski definition) is 5. The van der Waals surface area contributed by atoms with E-state index in [-0.39, 0.29) is 6.10 Å². The molecule has 0 fully saturated rings. The average molecular weight is 310 g/mol. The third-order valence-corrected chi connectivity index (χ3v) is 3.47. The molecule has 118 valence electrons. The van der Waals surface area contributed by atoms with E-state index in [1.807, 2.05) is 62.4 Å². The number of methoxy groups -OCH3 is 1. The zero-order valence-corrected chi connectivity index (χ0v) is 13.3. The zero-order valence-electron chi connectivity index (χ0n) is 13.3. The Kier molecular flexibility index (Phi) is 4.28. The molecule has 1 atom stereocenters. The van der Waals surface area contributed by atoms with Crippen LogP contribution in [0.25, 0.3) is 11.4 Å². The number of rotatable bonds is 5. The lowest BCUT2D eigenvalue weighted by atomic mass is 10.1. The molecule has 0 unspecified atom stereocenters. The second-order valence-electron chi connectivity index (χ2n) is 5.26. The van der Waals surface area contributed by atoms with Crippen LogP contribution in [-0.2, 0) is 0 Å². The normalized spacial score (nSPS) is 12.0. The molecule has 1 aromatic heterocycles. The van der Waals surface area contributed by atoms with Crippen LogP contribution in [-0.4, -0.2) is 17.3 Å². The molecule has 0 radical (unpaired) electrons. The van der Waals surface area contributed by atoms with Gasteiger partial charge in [0.2, 0.25) is 5.82 Å². The highest BCUT2D eigenvalue weighted by Gasteiger charge is 2.16. The standard InChI is InChI=1S/C18H18N2O3/c1-12-4-6-14(7-5-12)17-19-18(23-20-17)13(2)22-16-10-8-15(21-3)9-11-16/h4-11,13H,1-3H3/t13-/m0/s1. The molecular formula is C18H18N2O3. The largest absolute Gasteiger partial charge is 0.497 e. The summed E-state index contributed by atoms with van der Waals surface area (Å²) in [6, 6.07) is 15.3. The van der Waals surface area contributed by atoms with Gasteiger partial charge >= 0.3 is 0 Å². The third kappa shape index (κ3) is 3.51. The first-order valence-electron chi connectivity index (χ1n) is 7.37. The van der Waals surface area contributed by atoms with E-state index in [4.69, 9.17) is 14.0 Å². The molecule has 0 saturated heterocycles. The van der Waals surface area contributed by atoms with Gasteiger partial charge in [0.1, 0.15) is 11.5 Å². The Labute approximate surface area is 134 Å². The molecule has 0 aliphatic rings. The van der Waals surface area contributed by atoms with Gasteiger partial charge in [0, 0.05) is 5.56 Å². The van der Waals surface area contributed by atoms with Crippen LogP contribution in [0.15, 0.2) is 53.1 Å². The lowest BCUT2D eigenvalue weighted by molar-refractivity contribution is 0.175. The van der Waals surface area contributed by atoms with Crippen molar-refractivity contribution in [1.82, 2.24) is 10.1 Å². The monoisotopic (exact) mass is 310 g/mol. The SMILES string of the molecule is COc1ccc(O[C@@H](C)c2nc(-c3ccc(C)cc3)no2)cc1. The van der Waals surface area contributed by atoms with E-state index in [2.05, 4.69) is 10.1 Å². The molecule has 3 rings (SSSR count). The first-order chi connectivity index (χ1) is 11.2. The third-order valence-electron chi connectivity index (χ3n) is 3.47. The zero-order chi connectivity index (χ0) is 16.2. The Hall–Kier alpha value is -2.82. The molecule has 3 aromatic rings. The van der Waals surface area contributed by atoms with Gasteiger partial charge in [0.25, 0.3) is 5.89 Å². The average Bonchev–Trinajstić information content (AvgIpc) is 3.06. The first-order valence-corrected chi connectivity index (χ1v) is 7.37. The van der Waals surface area contributed by atoms with Crippen LogP contribution in [0.5, 0.6) is 11.5 Å². The highest BCUT2D eigenvalue weighted by Crippen LogP contribution is 2.24. The summed E-state index contributed by atoms with van der Waals surface area (Å²) < 4.78 is 16.3. The maximum atomic E-state index is 5.82. The van der Waals surface area contributed by atoms with Gasteiger partial charge in [0.15, 0.2) is 6.10 Å². The minimum atomic E-state index is -0.338. The number of hydrogen-bond donors (Lipinski definition) is 0. The summed E-state index contributed by atoms with van der Waals surface area (Å²) in [5, 5.41) is 4.02. The first kappa shape index (κ1) is 15.1. The summed E-state index contributed by atoms with van der Waals surface area (Å²) in [4.78, 5) is 4.41. The quantitative estimate of drug-likeness (QED) is 0.707. The fourth-order valence-electron chi connectivity index (χ4n) is 2.13. The Morgan fingerprint density at radius 1 is 0.957 bits per heavy atom. The van der Waals surface area contributed by atoms with Crippen molar-refractivity contribution in [2.45, 2.75) is 20.0 Å². The van der Waals surface area contributed by atoms with E-state index in [1.54, 1.807) is 7.11 Å². The maximum Gasteiger partial charge on any atom is 0.267 e. The lowest BCUT2D eigenvalue weighted by Gasteiger charge is -2.10. The van der Waals surface area contributed by atoms with E-state index in [0.29, 0.717) is 17.5 Å². The van der Waals surface area contributed by atoms with Crippen molar-refractivity contribution in [3.05, 3.63) is 60.0 Å². The number of nitrogens with zero attached hydrogens (tertiary/aromatic N) is 2. The Balaban J connectivity index is 1.72. The summed E-state index contributed by atoms with van der Waals surface area (Å²) in [6.07, 6.45) is -0.338. The van der Waals surface area contributed by atoms with Crippen LogP contribution in [0.1, 0.15) is 24.5 Å². The van der Waals surface area contributed by atoms with Crippen LogP contribution in [0.2, 0.25) is 0 Å². The summed E-state index contributed by atoms with van der Waals surface area (Å²) in [5.41, 5.74) is 2.11. The van der Waals surface area contributed by atoms with Gasteiger partial charge in [-0.15, -0.1) is 0 Å². The van der Waals surface area contributed by atoms with Crippen LogP contribution in [0.3, 0.4) is 0 Å². The van der Waals surface area contributed by atoms with E-state index < -0.39 is 0 Å². The van der Waals surface area contributed by atoms with E-state index >= 15 is 0 Å². The number of benzene rings is 2. The highest BCUT2D eigenvalue weighted by molar-refractivity contribution is 5.54. The summed E-state index contributed by atoms with van der Waals surface area (Å²) in [5.74, 6) is 2.50. The molecule has 0 bridgehead atoms. The maximum absolute atomic E-state index is 5.82. The predicted molar refractivity (Wildman–Crippen MR) is 86.5 cm³/mol. The molecule has 0 aliphatic carbocycles. The van der Waals surface area contributed by atoms with Crippen molar-refractivity contribution < 1.29 is 14.0 Å². The molecule has 0 saturated carbocycles. The van der Waals surface area contributed by atoms with Crippen LogP contribution >= 0.6 is 0 Å². The summed E-state index contributed by atoms with van der Waals surface area (Å²) in [7, 11) is 1.63. The molecule has 2 aromatic carbocycles. The smallest absolute Gasteiger partial charge is 0.267 e. The molecule has 5 heteroatoms. The minimum Gasteiger partial charge on any atom is -0.497 e. The topological polar surface area (TPSA) is 57.4 Å². The summed E-state index contributed by atoms with van der Waals surface area (Å²) in [6.45, 7) is 3.91. The van der Waals surface area contributed by atoms with Crippen LogP contribution in [0, 0.1) is 6.92 Å².